The first-order chi connectivity index (χ1) is 10.7. The van der Waals surface area contributed by atoms with Crippen LogP contribution in [-0.4, -0.2) is 10.9 Å². The number of nitrogens with zero attached hydrogens (tertiary/aromatic N) is 1. The van der Waals surface area contributed by atoms with Crippen molar-refractivity contribution in [3.63, 3.8) is 0 Å². The summed E-state index contributed by atoms with van der Waals surface area (Å²) in [5.41, 5.74) is 1.78. The van der Waals surface area contributed by atoms with Crippen molar-refractivity contribution in [3.05, 3.63) is 81.8 Å². The van der Waals surface area contributed by atoms with Crippen molar-refractivity contribution >= 4 is 34.0 Å². The van der Waals surface area contributed by atoms with Crippen LogP contribution in [0.1, 0.15) is 20.8 Å². The Bertz CT molecular complexity index is 769. The van der Waals surface area contributed by atoms with Crippen LogP contribution >= 0.6 is 22.9 Å². The molecule has 0 spiro atoms. The van der Waals surface area contributed by atoms with Crippen LogP contribution in [0.4, 0.5) is 5.13 Å². The number of thiazole rings is 1. The number of carbonyl (C=O) groups excluding carboxylic acids is 1. The van der Waals surface area contributed by atoms with Crippen LogP contribution in [0.25, 0.3) is 0 Å². The molecule has 0 aliphatic rings. The minimum absolute atomic E-state index is 0.183. The van der Waals surface area contributed by atoms with Crippen molar-refractivity contribution in [1.29, 1.82) is 0 Å². The summed E-state index contributed by atoms with van der Waals surface area (Å²) in [6.45, 7) is 0. The van der Waals surface area contributed by atoms with E-state index in [-0.39, 0.29) is 5.91 Å². The number of halogens is 1. The van der Waals surface area contributed by atoms with E-state index in [0.29, 0.717) is 15.7 Å². The van der Waals surface area contributed by atoms with E-state index < -0.39 is 0 Å². The van der Waals surface area contributed by atoms with Gasteiger partial charge in [0, 0.05) is 28.1 Å². The molecule has 0 unspecified atom stereocenters. The van der Waals surface area contributed by atoms with Crippen molar-refractivity contribution in [1.82, 2.24) is 4.98 Å². The maximum absolute atomic E-state index is 12.1. The topological polar surface area (TPSA) is 42.0 Å². The van der Waals surface area contributed by atoms with E-state index in [0.717, 1.165) is 11.3 Å². The van der Waals surface area contributed by atoms with E-state index in [1.807, 2.05) is 18.2 Å². The standard InChI is InChI=1S/C17H13ClN2OS/c18-14-8-6-13(7-9-14)16(21)20-17-19-11-15(22-17)10-12-4-2-1-3-5-12/h1-9,11H,10H2,(H,19,20,21). The fraction of sp³-hybridized carbons (Fsp3) is 0.0588. The first-order valence-corrected chi connectivity index (χ1v) is 7.96. The molecule has 2 aromatic carbocycles. The van der Waals surface area contributed by atoms with Crippen molar-refractivity contribution in [2.24, 2.45) is 0 Å². The number of benzene rings is 2. The lowest BCUT2D eigenvalue weighted by molar-refractivity contribution is 0.102. The number of carbonyl (C=O) groups is 1. The molecule has 1 aromatic heterocycles. The van der Waals surface area contributed by atoms with Gasteiger partial charge in [-0.25, -0.2) is 4.98 Å². The van der Waals surface area contributed by atoms with Gasteiger partial charge in [0.15, 0.2) is 5.13 Å². The van der Waals surface area contributed by atoms with E-state index in [2.05, 4.69) is 22.4 Å². The van der Waals surface area contributed by atoms with Crippen LogP contribution in [0.3, 0.4) is 0 Å². The monoisotopic (exact) mass is 328 g/mol. The number of hydrogen-bond donors (Lipinski definition) is 1. The highest BCUT2D eigenvalue weighted by Gasteiger charge is 2.09. The number of hydrogen-bond acceptors (Lipinski definition) is 3. The normalized spacial score (nSPS) is 10.4. The second-order valence-corrected chi connectivity index (χ2v) is 6.31. The Morgan fingerprint density at radius 1 is 1.09 bits per heavy atom. The Hall–Kier alpha value is -2.17. The van der Waals surface area contributed by atoms with Crippen molar-refractivity contribution in [2.75, 3.05) is 5.32 Å². The summed E-state index contributed by atoms with van der Waals surface area (Å²) in [6, 6.07) is 16.9. The predicted octanol–water partition coefficient (Wildman–Crippen LogP) is 4.64. The van der Waals surface area contributed by atoms with Gasteiger partial charge in [-0.3, -0.25) is 10.1 Å². The molecular formula is C17H13ClN2OS. The lowest BCUT2D eigenvalue weighted by Gasteiger charge is -2.01. The molecule has 1 amide bonds. The quantitative estimate of drug-likeness (QED) is 0.758. The molecule has 1 N–H and O–H groups in total. The van der Waals surface area contributed by atoms with E-state index in [1.165, 1.54) is 16.9 Å². The van der Waals surface area contributed by atoms with E-state index in [4.69, 9.17) is 11.6 Å². The highest BCUT2D eigenvalue weighted by atomic mass is 35.5. The molecule has 5 heteroatoms. The number of rotatable bonds is 4. The molecule has 0 aliphatic heterocycles. The lowest BCUT2D eigenvalue weighted by atomic mass is 10.1. The minimum Gasteiger partial charge on any atom is -0.298 e. The average Bonchev–Trinajstić information content (AvgIpc) is 2.96. The van der Waals surface area contributed by atoms with Gasteiger partial charge in [-0.15, -0.1) is 11.3 Å². The molecule has 0 bridgehead atoms. The summed E-state index contributed by atoms with van der Waals surface area (Å²) < 4.78 is 0. The summed E-state index contributed by atoms with van der Waals surface area (Å²) in [4.78, 5) is 17.5. The summed E-state index contributed by atoms with van der Waals surface area (Å²) in [7, 11) is 0. The summed E-state index contributed by atoms with van der Waals surface area (Å²) in [6.07, 6.45) is 2.62. The van der Waals surface area contributed by atoms with Gasteiger partial charge in [-0.1, -0.05) is 41.9 Å². The van der Waals surface area contributed by atoms with Crippen LogP contribution in [0.2, 0.25) is 5.02 Å². The third kappa shape index (κ3) is 3.72. The van der Waals surface area contributed by atoms with Gasteiger partial charge in [-0.05, 0) is 29.8 Å². The molecular weight excluding hydrogens is 316 g/mol. The zero-order valence-corrected chi connectivity index (χ0v) is 13.2. The maximum atomic E-state index is 12.1. The fourth-order valence-corrected chi connectivity index (χ4v) is 2.98. The van der Waals surface area contributed by atoms with Crippen LogP contribution in [-0.2, 0) is 6.42 Å². The highest BCUT2D eigenvalue weighted by Crippen LogP contribution is 2.22. The van der Waals surface area contributed by atoms with E-state index in [9.17, 15) is 4.79 Å². The number of aromatic nitrogens is 1. The lowest BCUT2D eigenvalue weighted by Crippen LogP contribution is -2.11. The van der Waals surface area contributed by atoms with Crippen LogP contribution in [0.15, 0.2) is 60.8 Å². The second kappa shape index (κ2) is 6.73. The second-order valence-electron chi connectivity index (χ2n) is 4.76. The van der Waals surface area contributed by atoms with Crippen LogP contribution in [0.5, 0.6) is 0 Å². The van der Waals surface area contributed by atoms with Gasteiger partial charge in [0.05, 0.1) is 0 Å². The zero-order chi connectivity index (χ0) is 15.4. The molecule has 110 valence electrons. The molecule has 0 saturated heterocycles. The van der Waals surface area contributed by atoms with E-state index in [1.54, 1.807) is 30.5 Å². The Labute approximate surface area is 137 Å². The SMILES string of the molecule is O=C(Nc1ncc(Cc2ccccc2)s1)c1ccc(Cl)cc1. The van der Waals surface area contributed by atoms with Crippen molar-refractivity contribution < 1.29 is 4.79 Å². The van der Waals surface area contributed by atoms with Crippen LogP contribution in [0, 0.1) is 0 Å². The molecule has 0 radical (unpaired) electrons. The molecule has 22 heavy (non-hydrogen) atoms. The smallest absolute Gasteiger partial charge is 0.257 e. The first kappa shape index (κ1) is 14.8. The largest absolute Gasteiger partial charge is 0.298 e. The Morgan fingerprint density at radius 3 is 2.55 bits per heavy atom. The Balaban J connectivity index is 1.66. The molecule has 3 rings (SSSR count). The average molecular weight is 329 g/mol. The molecule has 0 aliphatic carbocycles. The molecule has 3 nitrogen and oxygen atoms in total. The minimum atomic E-state index is -0.183. The fourth-order valence-electron chi connectivity index (χ4n) is 2.01. The summed E-state index contributed by atoms with van der Waals surface area (Å²) >= 11 is 7.30. The molecule has 1 heterocycles. The number of anilines is 1. The van der Waals surface area contributed by atoms with Crippen LogP contribution < -0.4 is 5.32 Å². The summed E-state index contributed by atoms with van der Waals surface area (Å²) in [5.74, 6) is -0.183. The Kier molecular flexibility index (Phi) is 4.51. The van der Waals surface area contributed by atoms with Gasteiger partial charge in [0.2, 0.25) is 0 Å². The van der Waals surface area contributed by atoms with Gasteiger partial charge < -0.3 is 0 Å². The molecule has 0 saturated carbocycles. The van der Waals surface area contributed by atoms with Gasteiger partial charge >= 0.3 is 0 Å². The zero-order valence-electron chi connectivity index (χ0n) is 11.6. The number of nitrogens with one attached hydrogen (secondary N) is 1. The van der Waals surface area contributed by atoms with Gasteiger partial charge in [0.1, 0.15) is 0 Å². The third-order valence-electron chi connectivity index (χ3n) is 3.10. The third-order valence-corrected chi connectivity index (χ3v) is 4.27. The number of amides is 1. The van der Waals surface area contributed by atoms with Crippen molar-refractivity contribution in [3.8, 4) is 0 Å². The molecule has 0 fully saturated rings. The van der Waals surface area contributed by atoms with E-state index >= 15 is 0 Å². The molecule has 3 aromatic rings. The summed E-state index contributed by atoms with van der Waals surface area (Å²) in [5, 5.41) is 4.02. The molecule has 0 atom stereocenters. The van der Waals surface area contributed by atoms with Gasteiger partial charge in [-0.2, -0.15) is 0 Å². The Morgan fingerprint density at radius 2 is 1.82 bits per heavy atom. The highest BCUT2D eigenvalue weighted by molar-refractivity contribution is 7.15. The van der Waals surface area contributed by atoms with Gasteiger partial charge in [0.25, 0.3) is 5.91 Å². The van der Waals surface area contributed by atoms with Crippen molar-refractivity contribution in [2.45, 2.75) is 6.42 Å². The maximum Gasteiger partial charge on any atom is 0.257 e. The first-order valence-electron chi connectivity index (χ1n) is 6.76. The predicted molar refractivity (Wildman–Crippen MR) is 90.8 cm³/mol.